The van der Waals surface area contributed by atoms with Crippen molar-refractivity contribution >= 4 is 5.78 Å². The molecule has 6 rings (SSSR count). The van der Waals surface area contributed by atoms with Crippen LogP contribution in [-0.2, 0) is 17.5 Å². The van der Waals surface area contributed by atoms with Crippen molar-refractivity contribution in [1.29, 1.82) is 0 Å². The number of ketones is 1. The van der Waals surface area contributed by atoms with Gasteiger partial charge in [0.05, 0.1) is 18.3 Å². The fourth-order valence-corrected chi connectivity index (χ4v) is 9.64. The number of rotatable bonds is 4. The quantitative estimate of drug-likeness (QED) is 0.468. The molecule has 0 aliphatic heterocycles. The molecular weight excluding hydrogens is 437 g/mol. The summed E-state index contributed by atoms with van der Waals surface area (Å²) < 4.78 is 40.3. The Hall–Kier alpha value is -1.33. The highest BCUT2D eigenvalue weighted by Gasteiger charge is 2.63. The number of carbonyl (C=O) groups is 1. The molecule has 188 valence electrons. The van der Waals surface area contributed by atoms with Crippen LogP contribution in [0.5, 0.6) is 0 Å². The molecule has 0 aromatic carbocycles. The van der Waals surface area contributed by atoms with Crippen molar-refractivity contribution in [1.82, 2.24) is 9.78 Å². The summed E-state index contributed by atoms with van der Waals surface area (Å²) in [4.78, 5) is 13.6. The van der Waals surface area contributed by atoms with Crippen molar-refractivity contribution in [2.24, 2.45) is 58.7 Å². The van der Waals surface area contributed by atoms with Gasteiger partial charge in [-0.2, -0.15) is 18.3 Å². The molecule has 0 N–H and O–H groups in total. The lowest BCUT2D eigenvalue weighted by Gasteiger charge is -2.57. The molecule has 2 unspecified atom stereocenters. The van der Waals surface area contributed by atoms with Crippen molar-refractivity contribution in [3.8, 4) is 0 Å². The topological polar surface area (TPSA) is 34.9 Å². The van der Waals surface area contributed by atoms with E-state index >= 15 is 0 Å². The zero-order valence-electron chi connectivity index (χ0n) is 20.6. The normalized spacial score (nSPS) is 44.3. The molecule has 5 saturated carbocycles. The van der Waals surface area contributed by atoms with E-state index in [4.69, 9.17) is 0 Å². The first-order valence-corrected chi connectivity index (χ1v) is 13.8. The van der Waals surface area contributed by atoms with Crippen LogP contribution < -0.4 is 0 Å². The third-order valence-corrected chi connectivity index (χ3v) is 11.2. The second kappa shape index (κ2) is 8.09. The summed E-state index contributed by atoms with van der Waals surface area (Å²) in [7, 11) is 0. The average molecular weight is 477 g/mol. The maximum atomic E-state index is 13.6. The van der Waals surface area contributed by atoms with Gasteiger partial charge < -0.3 is 0 Å². The second-order valence-electron chi connectivity index (χ2n) is 13.0. The van der Waals surface area contributed by atoms with Gasteiger partial charge >= 0.3 is 6.18 Å². The molecule has 0 amide bonds. The van der Waals surface area contributed by atoms with E-state index < -0.39 is 11.7 Å². The lowest BCUT2D eigenvalue weighted by atomic mass is 9.48. The molecule has 1 heterocycles. The zero-order valence-corrected chi connectivity index (χ0v) is 20.6. The Labute approximate surface area is 201 Å². The zero-order chi connectivity index (χ0) is 23.8. The predicted octanol–water partition coefficient (Wildman–Crippen LogP) is 7.01. The molecular formula is C28H39F3N2O. The molecule has 6 heteroatoms. The number of aromatic nitrogens is 2. The SMILES string of the molecule is C[C@H]1CC[C@@H]2C3CC[C@@]4(C)C([C@@H]3CC[C@@H]2C1)[C@H](C1CC1)C[C@@H]4C(=O)Cn1cc(C(F)(F)F)cn1. The van der Waals surface area contributed by atoms with Crippen LogP contribution in [0.25, 0.3) is 0 Å². The third kappa shape index (κ3) is 3.77. The molecule has 5 aliphatic carbocycles. The smallest absolute Gasteiger partial charge is 0.297 e. The van der Waals surface area contributed by atoms with E-state index in [0.717, 1.165) is 60.7 Å². The Morgan fingerprint density at radius 3 is 2.44 bits per heavy atom. The van der Waals surface area contributed by atoms with E-state index in [9.17, 15) is 18.0 Å². The summed E-state index contributed by atoms with van der Waals surface area (Å²) in [6.07, 6.45) is 10.2. The van der Waals surface area contributed by atoms with Gasteiger partial charge in [0.25, 0.3) is 0 Å². The van der Waals surface area contributed by atoms with Crippen molar-refractivity contribution in [2.45, 2.75) is 90.8 Å². The monoisotopic (exact) mass is 476 g/mol. The number of alkyl halides is 3. The molecule has 9 atom stereocenters. The van der Waals surface area contributed by atoms with Crippen LogP contribution >= 0.6 is 0 Å². The van der Waals surface area contributed by atoms with Gasteiger partial charge in [0.1, 0.15) is 0 Å². The molecule has 1 aromatic rings. The molecule has 0 saturated heterocycles. The highest BCUT2D eigenvalue weighted by Crippen LogP contribution is 2.69. The van der Waals surface area contributed by atoms with Crippen LogP contribution in [0.2, 0.25) is 0 Å². The van der Waals surface area contributed by atoms with Gasteiger partial charge in [-0.3, -0.25) is 9.48 Å². The fraction of sp³-hybridized carbons (Fsp3) is 0.857. The first kappa shape index (κ1) is 23.1. The van der Waals surface area contributed by atoms with Crippen LogP contribution in [0.3, 0.4) is 0 Å². The number of hydrogen-bond acceptors (Lipinski definition) is 2. The minimum Gasteiger partial charge on any atom is -0.297 e. The third-order valence-electron chi connectivity index (χ3n) is 11.2. The largest absolute Gasteiger partial charge is 0.419 e. The van der Waals surface area contributed by atoms with Crippen molar-refractivity contribution in [3.63, 3.8) is 0 Å². The van der Waals surface area contributed by atoms with Crippen LogP contribution in [-0.4, -0.2) is 15.6 Å². The second-order valence-corrected chi connectivity index (χ2v) is 13.0. The van der Waals surface area contributed by atoms with Gasteiger partial charge in [-0.05, 0) is 111 Å². The summed E-state index contributed by atoms with van der Waals surface area (Å²) in [5.41, 5.74) is -0.772. The average Bonchev–Trinajstić information content (AvgIpc) is 3.41. The van der Waals surface area contributed by atoms with Gasteiger partial charge in [-0.1, -0.05) is 20.3 Å². The maximum absolute atomic E-state index is 13.6. The number of nitrogens with zero attached hydrogens (tertiary/aromatic N) is 2. The lowest BCUT2D eigenvalue weighted by molar-refractivity contribution is -0.138. The van der Waals surface area contributed by atoms with Crippen LogP contribution in [0.4, 0.5) is 13.2 Å². The number of Topliss-reactive ketones (excluding diaryl/α,β-unsaturated/α-hetero) is 1. The van der Waals surface area contributed by atoms with Gasteiger partial charge in [-0.15, -0.1) is 0 Å². The molecule has 5 aliphatic rings. The predicted molar refractivity (Wildman–Crippen MR) is 124 cm³/mol. The maximum Gasteiger partial charge on any atom is 0.419 e. The summed E-state index contributed by atoms with van der Waals surface area (Å²) in [5.74, 6) is 6.35. The van der Waals surface area contributed by atoms with E-state index in [1.165, 1.54) is 56.0 Å². The number of fused-ring (bicyclic) bond motifs is 5. The van der Waals surface area contributed by atoms with Crippen molar-refractivity contribution < 1.29 is 18.0 Å². The minimum absolute atomic E-state index is 0.000309. The minimum atomic E-state index is -4.42. The molecule has 0 radical (unpaired) electrons. The number of carbonyl (C=O) groups excluding carboxylic acids is 1. The summed E-state index contributed by atoms with van der Waals surface area (Å²) in [6.45, 7) is 4.77. The van der Waals surface area contributed by atoms with Gasteiger partial charge in [0, 0.05) is 12.1 Å². The molecule has 0 spiro atoms. The van der Waals surface area contributed by atoms with Gasteiger partial charge in [0.2, 0.25) is 0 Å². The summed E-state index contributed by atoms with van der Waals surface area (Å²) in [5, 5.41) is 3.88. The van der Waals surface area contributed by atoms with Crippen LogP contribution in [0.1, 0.15) is 83.6 Å². The Bertz CT molecular complexity index is 936. The molecule has 3 nitrogen and oxygen atoms in total. The summed E-state index contributed by atoms with van der Waals surface area (Å²) in [6, 6.07) is 0. The van der Waals surface area contributed by atoms with Crippen LogP contribution in [0.15, 0.2) is 12.4 Å². The molecule has 34 heavy (non-hydrogen) atoms. The van der Waals surface area contributed by atoms with Gasteiger partial charge in [0.15, 0.2) is 5.78 Å². The first-order chi connectivity index (χ1) is 16.1. The number of halogens is 3. The fourth-order valence-electron chi connectivity index (χ4n) is 9.64. The van der Waals surface area contributed by atoms with Crippen molar-refractivity contribution in [3.05, 3.63) is 18.0 Å². The molecule has 1 aromatic heterocycles. The Morgan fingerprint density at radius 1 is 1.00 bits per heavy atom. The highest BCUT2D eigenvalue weighted by atomic mass is 19.4. The van der Waals surface area contributed by atoms with Crippen LogP contribution in [0, 0.1) is 58.7 Å². The van der Waals surface area contributed by atoms with E-state index in [0.29, 0.717) is 11.8 Å². The first-order valence-electron chi connectivity index (χ1n) is 13.8. The summed E-state index contributed by atoms with van der Waals surface area (Å²) >= 11 is 0. The Morgan fingerprint density at radius 2 is 1.74 bits per heavy atom. The number of hydrogen-bond donors (Lipinski definition) is 0. The Kier molecular flexibility index (Phi) is 5.50. The van der Waals surface area contributed by atoms with E-state index in [-0.39, 0.29) is 23.7 Å². The standard InChI is InChI=1S/C28H39F3N2O/c1-16-3-7-20-18(11-16)6-8-22-21(20)9-10-27(2)24(12-23(26(22)27)17-4-5-17)25(34)15-33-14-19(13-32-33)28(29,30)31/h13-14,16-18,20-24,26H,3-12,15H2,1-2H3/t16-,18+,20-,21?,22+,23-,24+,26?,27+/m0/s1. The highest BCUT2D eigenvalue weighted by molar-refractivity contribution is 5.82. The molecule has 0 bridgehead atoms. The van der Waals surface area contributed by atoms with E-state index in [2.05, 4.69) is 18.9 Å². The molecule has 5 fully saturated rings. The van der Waals surface area contributed by atoms with Gasteiger partial charge in [-0.25, -0.2) is 0 Å². The van der Waals surface area contributed by atoms with E-state index in [1.807, 2.05) is 0 Å². The Balaban J connectivity index is 1.24. The van der Waals surface area contributed by atoms with E-state index in [1.54, 1.807) is 0 Å². The van der Waals surface area contributed by atoms with Crippen molar-refractivity contribution in [2.75, 3.05) is 0 Å². The lowest BCUT2D eigenvalue weighted by Crippen LogP contribution is -2.50.